The van der Waals surface area contributed by atoms with Gasteiger partial charge in [-0.1, -0.05) is 60.7 Å². The zero-order chi connectivity index (χ0) is 17.9. The first-order chi connectivity index (χ1) is 12.8. The highest BCUT2D eigenvalue weighted by molar-refractivity contribution is 9.11. The van der Waals surface area contributed by atoms with Gasteiger partial charge < -0.3 is 0 Å². The summed E-state index contributed by atoms with van der Waals surface area (Å²) in [7, 11) is 0. The topological polar surface area (TPSA) is 25.8 Å². The third-order valence-corrected chi connectivity index (χ3v) is 5.78. The van der Waals surface area contributed by atoms with Crippen molar-refractivity contribution in [3.05, 3.63) is 94.1 Å². The lowest BCUT2D eigenvalue weighted by atomic mass is 10.0. The number of rotatable bonds is 3. The summed E-state index contributed by atoms with van der Waals surface area (Å²) in [5, 5.41) is 0. The van der Waals surface area contributed by atoms with Gasteiger partial charge in [0.05, 0.1) is 8.95 Å². The number of halogens is 2. The Hall–Kier alpha value is -2.30. The summed E-state index contributed by atoms with van der Waals surface area (Å²) in [4.78, 5) is 9.18. The van der Waals surface area contributed by atoms with Crippen LogP contribution in [0, 0.1) is 0 Å². The van der Waals surface area contributed by atoms with Crippen molar-refractivity contribution in [1.29, 1.82) is 0 Å². The third-order valence-electron chi connectivity index (χ3n) is 4.17. The first-order valence-corrected chi connectivity index (χ1v) is 9.74. The average Bonchev–Trinajstić information content (AvgIpc) is 2.70. The predicted molar refractivity (Wildman–Crippen MR) is 114 cm³/mol. The Morgan fingerprint density at radius 2 is 0.885 bits per heavy atom. The second-order valence-electron chi connectivity index (χ2n) is 5.77. The van der Waals surface area contributed by atoms with Gasteiger partial charge in [-0.25, -0.2) is 0 Å². The van der Waals surface area contributed by atoms with Crippen LogP contribution in [0.1, 0.15) is 0 Å². The van der Waals surface area contributed by atoms with E-state index in [1.807, 2.05) is 60.9 Å². The highest BCUT2D eigenvalue weighted by atomic mass is 79.9. The molecule has 0 aliphatic heterocycles. The summed E-state index contributed by atoms with van der Waals surface area (Å²) in [6.07, 6.45) is 3.65. The Morgan fingerprint density at radius 1 is 0.500 bits per heavy atom. The second-order valence-corrected chi connectivity index (χ2v) is 7.36. The molecule has 0 fully saturated rings. The standard InChI is InChI=1S/C22H14Br2N2/c23-19-17(15-7-3-1-4-8-15)11-13-25-21(19)22-20(24)18(12-14-26-22)16-9-5-2-6-10-16/h1-14H. The second kappa shape index (κ2) is 7.52. The van der Waals surface area contributed by atoms with Crippen LogP contribution in [0.2, 0.25) is 0 Å². The van der Waals surface area contributed by atoms with E-state index >= 15 is 0 Å². The van der Waals surface area contributed by atoms with Crippen LogP contribution in [0.4, 0.5) is 0 Å². The molecule has 0 aliphatic rings. The lowest BCUT2D eigenvalue weighted by Crippen LogP contribution is -1.94. The first-order valence-electron chi connectivity index (χ1n) is 8.16. The van der Waals surface area contributed by atoms with E-state index in [1.165, 1.54) is 0 Å². The summed E-state index contributed by atoms with van der Waals surface area (Å²) in [6.45, 7) is 0. The molecule has 0 saturated heterocycles. The molecular weight excluding hydrogens is 452 g/mol. The van der Waals surface area contributed by atoms with Crippen LogP contribution in [0.5, 0.6) is 0 Å². The molecule has 0 N–H and O–H groups in total. The molecule has 26 heavy (non-hydrogen) atoms. The predicted octanol–water partition coefficient (Wildman–Crippen LogP) is 7.00. The zero-order valence-corrected chi connectivity index (χ0v) is 16.9. The van der Waals surface area contributed by atoms with Gasteiger partial charge in [-0.2, -0.15) is 0 Å². The van der Waals surface area contributed by atoms with E-state index in [2.05, 4.69) is 66.1 Å². The van der Waals surface area contributed by atoms with Gasteiger partial charge in [-0.15, -0.1) is 0 Å². The van der Waals surface area contributed by atoms with Crippen molar-refractivity contribution in [2.45, 2.75) is 0 Å². The molecule has 2 nitrogen and oxygen atoms in total. The minimum Gasteiger partial charge on any atom is -0.253 e. The van der Waals surface area contributed by atoms with Crippen LogP contribution in [0.15, 0.2) is 94.1 Å². The van der Waals surface area contributed by atoms with E-state index in [0.717, 1.165) is 42.6 Å². The molecule has 4 aromatic rings. The molecule has 2 aromatic carbocycles. The summed E-state index contributed by atoms with van der Waals surface area (Å²) in [5.41, 5.74) is 6.09. The molecule has 0 saturated carbocycles. The molecular formula is C22H14Br2N2. The van der Waals surface area contributed by atoms with Crippen LogP contribution < -0.4 is 0 Å². The average molecular weight is 466 g/mol. The number of aromatic nitrogens is 2. The molecule has 0 radical (unpaired) electrons. The molecule has 2 heterocycles. The lowest BCUT2D eigenvalue weighted by Gasteiger charge is -2.12. The van der Waals surface area contributed by atoms with Gasteiger partial charge in [0.2, 0.25) is 0 Å². The minimum absolute atomic E-state index is 0.816. The fourth-order valence-corrected chi connectivity index (χ4v) is 4.20. The molecule has 0 amide bonds. The fourth-order valence-electron chi connectivity index (χ4n) is 2.90. The van der Waals surface area contributed by atoms with Crippen molar-refractivity contribution in [3.8, 4) is 33.6 Å². The smallest absolute Gasteiger partial charge is 0.105 e. The van der Waals surface area contributed by atoms with Gasteiger partial charge in [0, 0.05) is 12.4 Å². The van der Waals surface area contributed by atoms with E-state index < -0.39 is 0 Å². The van der Waals surface area contributed by atoms with Crippen molar-refractivity contribution in [2.24, 2.45) is 0 Å². The Labute approximate surface area is 169 Å². The van der Waals surface area contributed by atoms with Crippen LogP contribution in [0.25, 0.3) is 33.6 Å². The number of pyridine rings is 2. The molecule has 126 valence electrons. The molecule has 0 spiro atoms. The molecule has 0 atom stereocenters. The maximum atomic E-state index is 4.59. The van der Waals surface area contributed by atoms with Gasteiger partial charge in [-0.3, -0.25) is 9.97 Å². The summed E-state index contributed by atoms with van der Waals surface area (Å²) >= 11 is 7.49. The Balaban J connectivity index is 1.87. The lowest BCUT2D eigenvalue weighted by molar-refractivity contribution is 1.23. The van der Waals surface area contributed by atoms with Crippen molar-refractivity contribution in [3.63, 3.8) is 0 Å². The highest BCUT2D eigenvalue weighted by Crippen LogP contribution is 2.39. The van der Waals surface area contributed by atoms with E-state index in [4.69, 9.17) is 0 Å². The SMILES string of the molecule is Brc1c(-c2ccccc2)ccnc1-c1nccc(-c2ccccc2)c1Br. The molecule has 4 heteroatoms. The number of hydrogen-bond acceptors (Lipinski definition) is 2. The Morgan fingerprint density at radius 3 is 1.27 bits per heavy atom. The van der Waals surface area contributed by atoms with Crippen LogP contribution in [-0.2, 0) is 0 Å². The van der Waals surface area contributed by atoms with Crippen LogP contribution >= 0.6 is 31.9 Å². The fraction of sp³-hybridized carbons (Fsp3) is 0. The van der Waals surface area contributed by atoms with Crippen LogP contribution in [-0.4, -0.2) is 9.97 Å². The quantitative estimate of drug-likeness (QED) is 0.325. The van der Waals surface area contributed by atoms with Crippen molar-refractivity contribution in [2.75, 3.05) is 0 Å². The minimum atomic E-state index is 0.816. The van der Waals surface area contributed by atoms with E-state index in [9.17, 15) is 0 Å². The van der Waals surface area contributed by atoms with Crippen molar-refractivity contribution in [1.82, 2.24) is 9.97 Å². The zero-order valence-electron chi connectivity index (χ0n) is 13.7. The number of nitrogens with zero attached hydrogens (tertiary/aromatic N) is 2. The summed E-state index contributed by atoms with van der Waals surface area (Å²) in [6, 6.07) is 24.5. The van der Waals surface area contributed by atoms with E-state index in [0.29, 0.717) is 0 Å². The van der Waals surface area contributed by atoms with Gasteiger partial charge in [0.1, 0.15) is 11.4 Å². The highest BCUT2D eigenvalue weighted by Gasteiger charge is 2.17. The first kappa shape index (κ1) is 17.1. The number of hydrogen-bond donors (Lipinski definition) is 0. The van der Waals surface area contributed by atoms with Gasteiger partial charge in [0.25, 0.3) is 0 Å². The Bertz CT molecular complexity index is 961. The van der Waals surface area contributed by atoms with Crippen molar-refractivity contribution >= 4 is 31.9 Å². The normalized spacial score (nSPS) is 10.7. The molecule has 0 unspecified atom stereocenters. The molecule has 2 aromatic heterocycles. The number of benzene rings is 2. The summed E-state index contributed by atoms with van der Waals surface area (Å²) < 4.78 is 1.87. The molecule has 0 bridgehead atoms. The van der Waals surface area contributed by atoms with Crippen molar-refractivity contribution < 1.29 is 0 Å². The van der Waals surface area contributed by atoms with E-state index in [-0.39, 0.29) is 0 Å². The summed E-state index contributed by atoms with van der Waals surface area (Å²) in [5.74, 6) is 0. The monoisotopic (exact) mass is 464 g/mol. The largest absolute Gasteiger partial charge is 0.253 e. The van der Waals surface area contributed by atoms with E-state index in [1.54, 1.807) is 0 Å². The van der Waals surface area contributed by atoms with Crippen LogP contribution in [0.3, 0.4) is 0 Å². The third kappa shape index (κ3) is 3.22. The molecule has 0 aliphatic carbocycles. The molecule has 4 rings (SSSR count). The van der Waals surface area contributed by atoms with Gasteiger partial charge in [-0.05, 0) is 66.2 Å². The van der Waals surface area contributed by atoms with Gasteiger partial charge in [0.15, 0.2) is 0 Å². The maximum absolute atomic E-state index is 4.59. The van der Waals surface area contributed by atoms with Gasteiger partial charge >= 0.3 is 0 Å². The maximum Gasteiger partial charge on any atom is 0.105 e. The Kier molecular flexibility index (Phi) is 4.96.